The van der Waals surface area contributed by atoms with Crippen molar-refractivity contribution < 1.29 is 22.0 Å². The topological polar surface area (TPSA) is 133 Å². The summed E-state index contributed by atoms with van der Waals surface area (Å²) in [5, 5.41) is 13.9. The second kappa shape index (κ2) is 7.52. The average Bonchev–Trinajstić information content (AvgIpc) is 3.19. The Hall–Kier alpha value is -2.67. The Morgan fingerprint density at radius 3 is 2.78 bits per heavy atom. The number of hydrogen-bond acceptors (Lipinski definition) is 9. The van der Waals surface area contributed by atoms with Crippen molar-refractivity contribution in [3.05, 3.63) is 34.6 Å². The maximum atomic E-state index is 13.5. The molecule has 0 bridgehead atoms. The van der Waals surface area contributed by atoms with Crippen LogP contribution in [0.3, 0.4) is 0 Å². The number of nitrogens with one attached hydrogen (secondary N) is 1. The van der Waals surface area contributed by atoms with Gasteiger partial charge in [-0.05, 0) is 34.9 Å². The molecule has 0 amide bonds. The summed E-state index contributed by atoms with van der Waals surface area (Å²) >= 11 is 0. The van der Waals surface area contributed by atoms with Gasteiger partial charge in [-0.1, -0.05) is 10.6 Å². The summed E-state index contributed by atoms with van der Waals surface area (Å²) in [7, 11) is 3.09. The Morgan fingerprint density at radius 2 is 2.07 bits per heavy atom. The zero-order valence-corrected chi connectivity index (χ0v) is 15.4. The third-order valence-corrected chi connectivity index (χ3v) is 4.80. The Labute approximate surface area is 157 Å². The first-order chi connectivity index (χ1) is 12.8. The van der Waals surface area contributed by atoms with Crippen molar-refractivity contribution in [2.45, 2.75) is 6.42 Å². The Balaban J connectivity index is 1.89. The quantitative estimate of drug-likeness (QED) is 0.312. The molecule has 10 nitrogen and oxygen atoms in total. The van der Waals surface area contributed by atoms with Crippen LogP contribution in [0.2, 0.25) is 0 Å². The van der Waals surface area contributed by atoms with Crippen LogP contribution in [0.15, 0.2) is 32.1 Å². The highest BCUT2D eigenvalue weighted by Crippen LogP contribution is 2.23. The maximum absolute atomic E-state index is 13.5. The van der Waals surface area contributed by atoms with Gasteiger partial charge in [-0.25, -0.2) is 26.8 Å². The van der Waals surface area contributed by atoms with Gasteiger partial charge in [0.25, 0.3) is 0 Å². The first-order valence-electron chi connectivity index (χ1n) is 7.60. The molecule has 0 aliphatic heterocycles. The predicted molar refractivity (Wildman–Crippen MR) is 96.3 cm³/mol. The molecule has 3 rings (SSSR count). The number of aromatic nitrogens is 4. The van der Waals surface area contributed by atoms with Crippen LogP contribution in [0.1, 0.15) is 6.42 Å². The molecule has 0 fully saturated rings. The minimum Gasteiger partial charge on any atom is -0.365 e. The lowest BCUT2D eigenvalue weighted by molar-refractivity contribution is 0.309. The van der Waals surface area contributed by atoms with E-state index in [2.05, 4.69) is 25.4 Å². The van der Waals surface area contributed by atoms with Gasteiger partial charge in [0.1, 0.15) is 13.7 Å². The Kier molecular flexibility index (Phi) is 5.32. The molecule has 27 heavy (non-hydrogen) atoms. The minimum atomic E-state index is -3.61. The molecule has 0 unspecified atom stereocenters. The zero-order chi connectivity index (χ0) is 19.6. The number of rotatable bonds is 7. The summed E-state index contributed by atoms with van der Waals surface area (Å²) in [6.07, 6.45) is 0.209. The standard InChI is InChI=1S/C13H12BClFN5O5S/c14-8-6-7(2-3-9(8)16)21-12(20-25-13(21)22)10-11(19-26-18-10)17-4-1-5-27(15,23)24/h2-3,6H,1,4-5,14H2,(H,17,19). The van der Waals surface area contributed by atoms with Crippen LogP contribution in [0.25, 0.3) is 17.2 Å². The van der Waals surface area contributed by atoms with E-state index in [9.17, 15) is 17.6 Å². The van der Waals surface area contributed by atoms with Crippen LogP contribution in [0.5, 0.6) is 0 Å². The van der Waals surface area contributed by atoms with Crippen molar-refractivity contribution in [3.8, 4) is 17.2 Å². The second-order valence-electron chi connectivity index (χ2n) is 5.53. The summed E-state index contributed by atoms with van der Waals surface area (Å²) in [5.74, 6) is -1.35. The van der Waals surface area contributed by atoms with E-state index >= 15 is 0 Å². The van der Waals surface area contributed by atoms with Crippen molar-refractivity contribution in [2.75, 3.05) is 17.6 Å². The number of benzene rings is 1. The number of halogens is 2. The van der Waals surface area contributed by atoms with Crippen molar-refractivity contribution in [1.29, 1.82) is 0 Å². The van der Waals surface area contributed by atoms with Crippen molar-refractivity contribution >= 4 is 38.9 Å². The molecule has 0 saturated heterocycles. The molecule has 1 N–H and O–H groups in total. The van der Waals surface area contributed by atoms with Gasteiger partial charge in [-0.15, -0.1) is 0 Å². The highest BCUT2D eigenvalue weighted by Gasteiger charge is 2.23. The molecule has 142 valence electrons. The van der Waals surface area contributed by atoms with Crippen molar-refractivity contribution in [3.63, 3.8) is 0 Å². The lowest BCUT2D eigenvalue weighted by Crippen LogP contribution is -2.17. The fourth-order valence-corrected chi connectivity index (χ4v) is 3.11. The smallest absolute Gasteiger partial charge is 0.365 e. The molecule has 0 saturated carbocycles. The van der Waals surface area contributed by atoms with Gasteiger partial charge in [0.05, 0.1) is 11.4 Å². The Bertz CT molecular complexity index is 1130. The van der Waals surface area contributed by atoms with Gasteiger partial charge in [0.15, 0.2) is 5.69 Å². The van der Waals surface area contributed by atoms with Gasteiger partial charge < -0.3 is 5.32 Å². The molecular formula is C13H12BClFN5O5S. The van der Waals surface area contributed by atoms with Gasteiger partial charge in [0, 0.05) is 17.2 Å². The third-order valence-electron chi connectivity index (χ3n) is 3.56. The lowest BCUT2D eigenvalue weighted by Gasteiger charge is -2.06. The van der Waals surface area contributed by atoms with Crippen molar-refractivity contribution in [2.24, 2.45) is 0 Å². The molecule has 0 aliphatic carbocycles. The van der Waals surface area contributed by atoms with Crippen LogP contribution in [0, 0.1) is 5.82 Å². The maximum Gasteiger partial charge on any atom is 0.446 e. The van der Waals surface area contributed by atoms with E-state index in [1.54, 1.807) is 7.85 Å². The molecule has 2 aromatic heterocycles. The molecule has 0 radical (unpaired) electrons. The number of hydrogen-bond donors (Lipinski definition) is 1. The lowest BCUT2D eigenvalue weighted by atomic mass is 9.95. The van der Waals surface area contributed by atoms with E-state index in [-0.39, 0.29) is 36.1 Å². The first-order valence-corrected chi connectivity index (χ1v) is 10.1. The summed E-state index contributed by atoms with van der Waals surface area (Å²) in [4.78, 5) is 12.1. The highest BCUT2D eigenvalue weighted by molar-refractivity contribution is 8.13. The van der Waals surface area contributed by atoms with Crippen LogP contribution in [-0.2, 0) is 9.05 Å². The fraction of sp³-hybridized carbons (Fsp3) is 0.231. The minimum absolute atomic E-state index is 0.0141. The second-order valence-corrected chi connectivity index (χ2v) is 8.42. The molecule has 0 spiro atoms. The summed E-state index contributed by atoms with van der Waals surface area (Å²) in [5.41, 5.74) is 0.708. The van der Waals surface area contributed by atoms with E-state index in [1.807, 2.05) is 0 Å². The largest absolute Gasteiger partial charge is 0.446 e. The van der Waals surface area contributed by atoms with Crippen LogP contribution in [0.4, 0.5) is 10.2 Å². The third kappa shape index (κ3) is 4.36. The fourth-order valence-electron chi connectivity index (χ4n) is 2.30. The number of anilines is 1. The highest BCUT2D eigenvalue weighted by atomic mass is 35.7. The number of nitrogens with zero attached hydrogens (tertiary/aromatic N) is 4. The molecular weight excluding hydrogens is 404 g/mol. The van der Waals surface area contributed by atoms with Gasteiger partial charge in [0.2, 0.25) is 20.7 Å². The van der Waals surface area contributed by atoms with Crippen molar-refractivity contribution in [1.82, 2.24) is 20.0 Å². The molecule has 1 aromatic carbocycles. The SMILES string of the molecule is Bc1cc(-n2c(-c3nonc3NCCCS(=O)(=O)Cl)noc2=O)ccc1F. The van der Waals surface area contributed by atoms with Gasteiger partial charge >= 0.3 is 5.76 Å². The monoisotopic (exact) mass is 415 g/mol. The van der Waals surface area contributed by atoms with E-state index in [4.69, 9.17) is 15.2 Å². The normalized spacial score (nSPS) is 11.6. The molecule has 0 atom stereocenters. The van der Waals surface area contributed by atoms with Gasteiger partial charge in [-0.3, -0.25) is 4.52 Å². The van der Waals surface area contributed by atoms with E-state index in [0.29, 0.717) is 11.2 Å². The molecule has 0 aliphatic rings. The van der Waals surface area contributed by atoms with Gasteiger partial charge in [-0.2, -0.15) is 0 Å². The molecule has 2 heterocycles. The molecule has 3 aromatic rings. The zero-order valence-electron chi connectivity index (χ0n) is 13.8. The predicted octanol–water partition coefficient (Wildman–Crippen LogP) is -0.356. The van der Waals surface area contributed by atoms with E-state index in [0.717, 1.165) is 4.57 Å². The average molecular weight is 416 g/mol. The van der Waals surface area contributed by atoms with E-state index < -0.39 is 20.6 Å². The summed E-state index contributed by atoms with van der Waals surface area (Å²) in [6, 6.07) is 4.04. The van der Waals surface area contributed by atoms with Crippen LogP contribution in [-0.4, -0.2) is 48.6 Å². The Morgan fingerprint density at radius 1 is 1.30 bits per heavy atom. The van der Waals surface area contributed by atoms with Crippen LogP contribution >= 0.6 is 10.7 Å². The molecule has 14 heteroatoms. The summed E-state index contributed by atoms with van der Waals surface area (Å²) < 4.78 is 45.9. The summed E-state index contributed by atoms with van der Waals surface area (Å²) in [6.45, 7) is 0.199. The van der Waals surface area contributed by atoms with E-state index in [1.165, 1.54) is 18.2 Å². The van der Waals surface area contributed by atoms with Crippen LogP contribution < -0.4 is 16.5 Å². The first kappa shape index (κ1) is 19.1.